The molecule has 0 heterocycles. The van der Waals surface area contributed by atoms with Crippen molar-refractivity contribution in [1.82, 2.24) is 0 Å². The van der Waals surface area contributed by atoms with E-state index in [0.717, 1.165) is 63.9 Å². The first kappa shape index (κ1) is 47.7. The maximum absolute atomic E-state index is 12.9. The van der Waals surface area contributed by atoms with Gasteiger partial charge in [0.1, 0.15) is 13.1 Å². The van der Waals surface area contributed by atoms with E-state index in [1.54, 1.807) is 0 Å². The van der Waals surface area contributed by atoms with Gasteiger partial charge in [0.25, 0.3) is 0 Å². The van der Waals surface area contributed by atoms with Crippen molar-refractivity contribution in [3.05, 3.63) is 24.3 Å². The summed E-state index contributed by atoms with van der Waals surface area (Å²) in [7, 11) is -7.58. The van der Waals surface area contributed by atoms with E-state index in [2.05, 4.69) is 38.2 Å². The highest BCUT2D eigenvalue weighted by Crippen LogP contribution is 2.25. The van der Waals surface area contributed by atoms with E-state index >= 15 is 0 Å². The van der Waals surface area contributed by atoms with E-state index in [1.807, 2.05) is 0 Å². The molecule has 0 bridgehead atoms. The van der Waals surface area contributed by atoms with Crippen molar-refractivity contribution in [2.24, 2.45) is 0 Å². The molecule has 0 rings (SSSR count). The molecule has 0 radical (unpaired) electrons. The lowest BCUT2D eigenvalue weighted by Gasteiger charge is -2.33. The van der Waals surface area contributed by atoms with Gasteiger partial charge in [-0.2, -0.15) is 16.8 Å². The van der Waals surface area contributed by atoms with Gasteiger partial charge in [-0.1, -0.05) is 141 Å². The Labute approximate surface area is 295 Å². The molecule has 0 atom stereocenters. The molecule has 0 saturated heterocycles. The maximum atomic E-state index is 12.9. The summed E-state index contributed by atoms with van der Waals surface area (Å²) in [5, 5.41) is 0. The smallest absolute Gasteiger partial charge is 0.308 e. The molecular weight excluding hydrogens is 634 g/mol. The van der Waals surface area contributed by atoms with Crippen molar-refractivity contribution in [2.75, 3.05) is 25.6 Å². The predicted molar refractivity (Wildman–Crippen MR) is 199 cm³/mol. The molecule has 0 aliphatic heterocycles. The summed E-state index contributed by atoms with van der Waals surface area (Å²) >= 11 is 0. The Morgan fingerprint density at radius 3 is 0.826 bits per heavy atom. The summed E-state index contributed by atoms with van der Waals surface area (Å²) in [4.78, 5) is 0. The van der Waals surface area contributed by atoms with Crippen LogP contribution in [0.1, 0.15) is 194 Å². The zero-order chi connectivity index (χ0) is 33.5. The summed E-state index contributed by atoms with van der Waals surface area (Å²) in [6, 6.07) is 0. The minimum atomic E-state index is -3.79. The number of hydrogen-bond acceptors (Lipinski definition) is 4. The second-order valence-electron chi connectivity index (χ2n) is 13.6. The number of sulfonamides is 2. The van der Waals surface area contributed by atoms with Gasteiger partial charge in [-0.3, -0.25) is 0 Å². The molecule has 0 amide bonds. The lowest BCUT2D eigenvalue weighted by molar-refractivity contribution is -0.673. The van der Waals surface area contributed by atoms with Crippen molar-refractivity contribution in [3.63, 3.8) is 0 Å². The Hall–Kier alpha value is -0.370. The maximum Gasteiger partial charge on any atom is 0.308 e. The van der Waals surface area contributed by atoms with Gasteiger partial charge < -0.3 is 12.4 Å². The number of halogens is 1. The van der Waals surface area contributed by atoms with Gasteiger partial charge in [0, 0.05) is 0 Å². The molecule has 0 aromatic heterocycles. The molecule has 0 N–H and O–H groups in total. The Morgan fingerprint density at radius 1 is 0.370 bits per heavy atom. The first-order chi connectivity index (χ1) is 21.6. The van der Waals surface area contributed by atoms with E-state index in [1.165, 1.54) is 116 Å². The summed E-state index contributed by atoms with van der Waals surface area (Å²) < 4.78 is 50.7. The van der Waals surface area contributed by atoms with Crippen LogP contribution in [-0.2, 0) is 20.0 Å². The normalized spacial score (nSPS) is 12.8. The monoisotopic (exact) mass is 709 g/mol. The largest absolute Gasteiger partial charge is 1.00 e. The molecule has 8 heteroatoms. The summed E-state index contributed by atoms with van der Waals surface area (Å²) in [6.07, 6.45) is 44.4. The highest BCUT2D eigenvalue weighted by Gasteiger charge is 2.47. The average molecular weight is 711 g/mol. The highest BCUT2D eigenvalue weighted by molar-refractivity contribution is 7.97. The van der Waals surface area contributed by atoms with Crippen molar-refractivity contribution in [2.45, 2.75) is 194 Å². The molecular formula is C38H76ClNO4S2. The van der Waals surface area contributed by atoms with Crippen LogP contribution in [0.5, 0.6) is 0 Å². The second kappa shape index (κ2) is 31.9. The first-order valence-electron chi connectivity index (χ1n) is 19.2. The number of hydrogen-bond donors (Lipinski definition) is 0. The Kier molecular flexibility index (Phi) is 33.1. The minimum absolute atomic E-state index is 0. The Balaban J connectivity index is 0. The van der Waals surface area contributed by atoms with Crippen LogP contribution in [-0.4, -0.2) is 45.7 Å². The summed E-state index contributed by atoms with van der Waals surface area (Å²) in [5.41, 5.74) is 0. The van der Waals surface area contributed by atoms with Crippen LogP contribution in [0.3, 0.4) is 0 Å². The Bertz CT molecular complexity index is 856. The van der Waals surface area contributed by atoms with E-state index < -0.39 is 23.3 Å². The summed E-state index contributed by atoms with van der Waals surface area (Å²) in [5.74, 6) is 0. The molecule has 0 spiro atoms. The van der Waals surface area contributed by atoms with Gasteiger partial charge in [0.05, 0.1) is 12.5 Å². The standard InChI is InChI=1S/C38H76NO4S2.ClH/c1-5-7-9-11-13-15-17-19-21-23-25-27-29-31-33-35-37-39(44(3,40)41,45(4,42)43)38-36-34-32-30-28-26-24-22-20-18-16-14-12-10-8-6-2;/h19-22H,5-18,23-38H2,1-4H3;1H/q+1;/p-1/b21-19-,22-20-;. The zero-order valence-electron chi connectivity index (χ0n) is 30.8. The van der Waals surface area contributed by atoms with Crippen molar-refractivity contribution < 1.29 is 32.5 Å². The van der Waals surface area contributed by atoms with E-state index in [9.17, 15) is 16.8 Å². The van der Waals surface area contributed by atoms with Gasteiger partial charge in [-0.05, 0) is 77.0 Å². The fraction of sp³-hybridized carbons (Fsp3) is 0.895. The van der Waals surface area contributed by atoms with E-state index in [4.69, 9.17) is 0 Å². The van der Waals surface area contributed by atoms with Gasteiger partial charge in [-0.15, -0.1) is 3.29 Å². The van der Waals surface area contributed by atoms with Crippen LogP contribution in [0.4, 0.5) is 0 Å². The van der Waals surface area contributed by atoms with Crippen molar-refractivity contribution >= 4 is 20.0 Å². The third-order valence-electron chi connectivity index (χ3n) is 9.23. The molecule has 0 fully saturated rings. The second-order valence-corrected chi connectivity index (χ2v) is 18.2. The third kappa shape index (κ3) is 25.6. The van der Waals surface area contributed by atoms with Crippen LogP contribution in [0, 0.1) is 0 Å². The van der Waals surface area contributed by atoms with E-state index in [0.29, 0.717) is 12.8 Å². The predicted octanol–water partition coefficient (Wildman–Crippen LogP) is 8.80. The molecule has 0 aromatic carbocycles. The average Bonchev–Trinajstić information content (AvgIpc) is 2.98. The molecule has 5 nitrogen and oxygen atoms in total. The van der Waals surface area contributed by atoms with Gasteiger partial charge >= 0.3 is 20.0 Å². The topological polar surface area (TPSA) is 68.3 Å². The third-order valence-corrected chi connectivity index (χ3v) is 14.0. The van der Waals surface area contributed by atoms with Crippen LogP contribution >= 0.6 is 0 Å². The molecule has 276 valence electrons. The SMILES string of the molecule is CCCCCCCC/C=C\CCCCCCCC[N+](CCCCCCCC/C=C\CCCCCCCC)(S(C)(=O)=O)S(C)(=O)=O.[Cl-]. The molecule has 0 aliphatic rings. The van der Waals surface area contributed by atoms with Gasteiger partial charge in [-0.25, -0.2) is 0 Å². The lowest BCUT2D eigenvalue weighted by Crippen LogP contribution is -3.00. The fourth-order valence-electron chi connectivity index (χ4n) is 6.22. The Morgan fingerprint density at radius 2 is 0.587 bits per heavy atom. The van der Waals surface area contributed by atoms with Gasteiger partial charge in [0.2, 0.25) is 0 Å². The fourth-order valence-corrected chi connectivity index (χ4v) is 10.0. The lowest BCUT2D eigenvalue weighted by atomic mass is 10.1. The van der Waals surface area contributed by atoms with Crippen molar-refractivity contribution in [3.8, 4) is 0 Å². The number of quaternary nitrogens is 1. The molecule has 0 saturated carbocycles. The molecule has 0 aliphatic carbocycles. The van der Waals surface area contributed by atoms with Crippen molar-refractivity contribution in [1.29, 1.82) is 0 Å². The minimum Gasteiger partial charge on any atom is -1.00 e. The van der Waals surface area contributed by atoms with Gasteiger partial charge in [0.15, 0.2) is 0 Å². The highest BCUT2D eigenvalue weighted by atomic mass is 35.5. The van der Waals surface area contributed by atoms with Crippen LogP contribution in [0.25, 0.3) is 0 Å². The first-order valence-corrected chi connectivity index (χ1v) is 22.9. The van der Waals surface area contributed by atoms with Crippen LogP contribution in [0.15, 0.2) is 24.3 Å². The number of unbranched alkanes of at least 4 members (excludes halogenated alkanes) is 24. The number of allylic oxidation sites excluding steroid dienone is 4. The molecule has 0 unspecified atom stereocenters. The summed E-state index contributed by atoms with van der Waals surface area (Å²) in [6.45, 7) is 4.85. The zero-order valence-corrected chi connectivity index (χ0v) is 33.2. The number of rotatable bonds is 34. The molecule has 46 heavy (non-hydrogen) atoms. The van der Waals surface area contributed by atoms with Crippen LogP contribution < -0.4 is 12.4 Å². The van der Waals surface area contributed by atoms with E-state index in [-0.39, 0.29) is 25.5 Å². The number of nitrogens with zero attached hydrogens (tertiary/aromatic N) is 1. The van der Waals surface area contributed by atoms with Crippen LogP contribution in [0.2, 0.25) is 0 Å². The molecule has 0 aromatic rings. The quantitative estimate of drug-likeness (QED) is 0.0381.